The Bertz CT molecular complexity index is 421. The number of hydrogen-bond donors (Lipinski definition) is 6. The lowest BCUT2D eigenvalue weighted by molar-refractivity contribution is -0.303. The second-order valence-corrected chi connectivity index (χ2v) is 4.30. The van der Waals surface area contributed by atoms with Gasteiger partial charge in [0.15, 0.2) is 18.5 Å². The van der Waals surface area contributed by atoms with E-state index in [4.69, 9.17) is 15.3 Å². The van der Waals surface area contributed by atoms with Crippen molar-refractivity contribution in [1.82, 2.24) is 0 Å². The van der Waals surface area contributed by atoms with E-state index in [1.807, 2.05) is 0 Å². The van der Waals surface area contributed by atoms with E-state index in [-0.39, 0.29) is 0 Å². The maximum absolute atomic E-state index is 10.8. The van der Waals surface area contributed by atoms with Gasteiger partial charge in [-0.3, -0.25) is 4.79 Å². The summed E-state index contributed by atoms with van der Waals surface area (Å²) in [6.45, 7) is 0. The molecule has 0 spiro atoms. The van der Waals surface area contributed by atoms with Gasteiger partial charge in [-0.2, -0.15) is 0 Å². The number of aliphatic carboxylic acids is 3. The lowest BCUT2D eigenvalue weighted by atomic mass is 9.99. The highest BCUT2D eigenvalue weighted by Crippen LogP contribution is 2.23. The van der Waals surface area contributed by atoms with Crippen LogP contribution in [0.2, 0.25) is 0 Å². The Labute approximate surface area is 116 Å². The molecule has 1 rings (SSSR count). The molecular weight excluding hydrogens is 296 g/mol. The molecule has 0 saturated carbocycles. The number of aliphatic hydroxyl groups is 3. The van der Waals surface area contributed by atoms with E-state index >= 15 is 0 Å². The Morgan fingerprint density at radius 2 is 1.57 bits per heavy atom. The molecule has 120 valence electrons. The van der Waals surface area contributed by atoms with E-state index in [9.17, 15) is 29.7 Å². The fraction of sp³-hybridized carbons (Fsp3) is 0.700. The summed E-state index contributed by atoms with van der Waals surface area (Å²) in [5.74, 6) is -4.86. The van der Waals surface area contributed by atoms with Crippen LogP contribution < -0.4 is 0 Å². The summed E-state index contributed by atoms with van der Waals surface area (Å²) in [6, 6.07) is 0. The van der Waals surface area contributed by atoms with Crippen molar-refractivity contribution >= 4 is 17.9 Å². The van der Waals surface area contributed by atoms with Gasteiger partial charge >= 0.3 is 17.9 Å². The minimum Gasteiger partial charge on any atom is -0.481 e. The Hall–Kier alpha value is -1.79. The van der Waals surface area contributed by atoms with Crippen molar-refractivity contribution in [3.63, 3.8) is 0 Å². The lowest BCUT2D eigenvalue weighted by Crippen LogP contribution is -2.61. The molecule has 11 heteroatoms. The molecule has 0 aliphatic carbocycles. The van der Waals surface area contributed by atoms with Crippen molar-refractivity contribution in [3.8, 4) is 0 Å². The van der Waals surface area contributed by atoms with E-state index < -0.39 is 61.1 Å². The number of aliphatic hydroxyl groups excluding tert-OH is 3. The van der Waals surface area contributed by atoms with Crippen LogP contribution in [-0.2, 0) is 23.9 Å². The van der Waals surface area contributed by atoms with E-state index in [2.05, 4.69) is 9.47 Å². The molecule has 1 aliphatic rings. The van der Waals surface area contributed by atoms with E-state index in [1.165, 1.54) is 0 Å². The van der Waals surface area contributed by atoms with Gasteiger partial charge in [-0.05, 0) is 0 Å². The van der Waals surface area contributed by atoms with Crippen molar-refractivity contribution in [1.29, 1.82) is 0 Å². The van der Waals surface area contributed by atoms with Gasteiger partial charge in [0.2, 0.25) is 0 Å². The van der Waals surface area contributed by atoms with Crippen LogP contribution in [0, 0.1) is 0 Å². The van der Waals surface area contributed by atoms with Crippen LogP contribution in [0.3, 0.4) is 0 Å². The van der Waals surface area contributed by atoms with Crippen molar-refractivity contribution < 1.29 is 54.5 Å². The van der Waals surface area contributed by atoms with Crippen LogP contribution in [-0.4, -0.2) is 85.4 Å². The monoisotopic (exact) mass is 310 g/mol. The number of carboxylic acid groups (broad SMARTS) is 3. The van der Waals surface area contributed by atoms with Crippen molar-refractivity contribution in [2.24, 2.45) is 0 Å². The number of carboxylic acids is 3. The Balaban J connectivity index is 2.86. The molecule has 4 unspecified atom stereocenters. The van der Waals surface area contributed by atoms with Crippen LogP contribution in [0.25, 0.3) is 0 Å². The summed E-state index contributed by atoms with van der Waals surface area (Å²) in [4.78, 5) is 32.1. The van der Waals surface area contributed by atoms with Crippen LogP contribution in [0.4, 0.5) is 0 Å². The predicted molar refractivity (Wildman–Crippen MR) is 59.1 cm³/mol. The molecule has 0 aromatic heterocycles. The molecule has 0 aromatic carbocycles. The average molecular weight is 310 g/mol. The van der Waals surface area contributed by atoms with E-state index in [0.717, 1.165) is 0 Å². The number of carbonyl (C=O) groups is 3. The van der Waals surface area contributed by atoms with E-state index in [0.29, 0.717) is 0 Å². The zero-order chi connectivity index (χ0) is 16.3. The fourth-order valence-corrected chi connectivity index (χ4v) is 1.68. The highest BCUT2D eigenvalue weighted by atomic mass is 16.7. The first kappa shape index (κ1) is 17.3. The molecule has 11 nitrogen and oxygen atoms in total. The zero-order valence-corrected chi connectivity index (χ0v) is 10.4. The molecule has 0 amide bonds. The largest absolute Gasteiger partial charge is 0.481 e. The summed E-state index contributed by atoms with van der Waals surface area (Å²) in [5.41, 5.74) is 0. The molecule has 6 atom stereocenters. The third-order valence-electron chi connectivity index (χ3n) is 2.75. The molecule has 1 saturated heterocycles. The summed E-state index contributed by atoms with van der Waals surface area (Å²) in [5, 5.41) is 54.6. The van der Waals surface area contributed by atoms with Crippen molar-refractivity contribution in [2.75, 3.05) is 0 Å². The number of ether oxygens (including phenoxy) is 2. The van der Waals surface area contributed by atoms with Crippen LogP contribution in [0.1, 0.15) is 6.42 Å². The van der Waals surface area contributed by atoms with Crippen LogP contribution in [0.15, 0.2) is 0 Å². The zero-order valence-electron chi connectivity index (χ0n) is 10.4. The molecule has 21 heavy (non-hydrogen) atoms. The second kappa shape index (κ2) is 6.78. The predicted octanol–water partition coefficient (Wildman–Crippen LogP) is -3.18. The third kappa shape index (κ3) is 4.09. The topological polar surface area (TPSA) is 191 Å². The molecular formula is C10H14O11. The Kier molecular flexibility index (Phi) is 5.57. The smallest absolute Gasteiger partial charge is 0.335 e. The van der Waals surface area contributed by atoms with Gasteiger partial charge in [-0.15, -0.1) is 0 Å². The SMILES string of the molecule is O=C(O)CC(O[C@H]1OC(C(=O)O)[C@@H](O)C(O)C1O)C(=O)O. The molecule has 1 fully saturated rings. The fourth-order valence-electron chi connectivity index (χ4n) is 1.68. The molecule has 0 aromatic rings. The normalized spacial score (nSPS) is 34.1. The number of hydrogen-bond acceptors (Lipinski definition) is 8. The molecule has 1 aliphatic heterocycles. The molecule has 0 radical (unpaired) electrons. The molecule has 1 heterocycles. The van der Waals surface area contributed by atoms with Crippen molar-refractivity contribution in [3.05, 3.63) is 0 Å². The first-order valence-electron chi connectivity index (χ1n) is 5.67. The summed E-state index contributed by atoms with van der Waals surface area (Å²) in [7, 11) is 0. The summed E-state index contributed by atoms with van der Waals surface area (Å²) >= 11 is 0. The van der Waals surface area contributed by atoms with Gasteiger partial charge in [0.1, 0.15) is 18.3 Å². The standard InChI is InChI=1S/C10H14O11/c11-3(12)1-2(8(16)17)20-10-6(15)4(13)5(14)7(21-10)9(18)19/h2,4-7,10,13-15H,1H2,(H,11,12)(H,16,17)(H,18,19)/t2?,4?,5-,6?,7?,10-/m0/s1. The average Bonchev–Trinajstić information content (AvgIpc) is 2.37. The molecule has 0 bridgehead atoms. The summed E-state index contributed by atoms with van der Waals surface area (Å²) < 4.78 is 9.36. The van der Waals surface area contributed by atoms with Crippen LogP contribution in [0.5, 0.6) is 0 Å². The minimum atomic E-state index is -1.97. The van der Waals surface area contributed by atoms with Gasteiger partial charge < -0.3 is 40.1 Å². The minimum absolute atomic E-state index is 0.974. The van der Waals surface area contributed by atoms with Gasteiger partial charge in [0.25, 0.3) is 0 Å². The lowest BCUT2D eigenvalue weighted by Gasteiger charge is -2.39. The number of rotatable bonds is 6. The summed E-state index contributed by atoms with van der Waals surface area (Å²) in [6.07, 6.45) is -12.7. The Morgan fingerprint density at radius 1 is 1.00 bits per heavy atom. The highest BCUT2D eigenvalue weighted by molar-refractivity contribution is 5.79. The second-order valence-electron chi connectivity index (χ2n) is 4.30. The quantitative estimate of drug-likeness (QED) is 0.290. The van der Waals surface area contributed by atoms with Gasteiger partial charge in [0, 0.05) is 0 Å². The highest BCUT2D eigenvalue weighted by Gasteiger charge is 2.48. The van der Waals surface area contributed by atoms with Gasteiger partial charge in [-0.1, -0.05) is 0 Å². The third-order valence-corrected chi connectivity index (χ3v) is 2.75. The first-order chi connectivity index (χ1) is 9.65. The van der Waals surface area contributed by atoms with Gasteiger partial charge in [0.05, 0.1) is 6.42 Å². The Morgan fingerprint density at radius 3 is 2.00 bits per heavy atom. The van der Waals surface area contributed by atoms with Gasteiger partial charge in [-0.25, -0.2) is 9.59 Å². The van der Waals surface area contributed by atoms with Crippen molar-refractivity contribution in [2.45, 2.75) is 43.2 Å². The van der Waals surface area contributed by atoms with Crippen LogP contribution >= 0.6 is 0 Å². The maximum Gasteiger partial charge on any atom is 0.335 e. The first-order valence-corrected chi connectivity index (χ1v) is 5.67. The van der Waals surface area contributed by atoms with E-state index in [1.54, 1.807) is 0 Å². The maximum atomic E-state index is 10.8. The molecule has 6 N–H and O–H groups in total.